The summed E-state index contributed by atoms with van der Waals surface area (Å²) in [7, 11) is 2.09. The van der Waals surface area contributed by atoms with E-state index in [9.17, 15) is 5.11 Å². The van der Waals surface area contributed by atoms with Crippen LogP contribution in [-0.2, 0) is 0 Å². The minimum Gasteiger partial charge on any atom is -0.396 e. The molecule has 16 heavy (non-hydrogen) atoms. The van der Waals surface area contributed by atoms with Gasteiger partial charge in [-0.15, -0.1) is 0 Å². The predicted molar refractivity (Wildman–Crippen MR) is 70.8 cm³/mol. The van der Waals surface area contributed by atoms with Gasteiger partial charge in [0.1, 0.15) is 0 Å². The second kappa shape index (κ2) is 4.76. The van der Waals surface area contributed by atoms with E-state index >= 15 is 0 Å². The fraction of sp³-hybridized carbons (Fsp3) is 0.538. The molecule has 2 nitrogen and oxygen atoms in total. The number of nitrogens with zero attached hydrogens (tertiary/aromatic N) is 1. The fourth-order valence-electron chi connectivity index (χ4n) is 2.39. The predicted octanol–water partition coefficient (Wildman–Crippen LogP) is 3.05. The third-order valence-electron chi connectivity index (χ3n) is 3.59. The quantitative estimate of drug-likeness (QED) is 0.918. The number of benzene rings is 1. The molecule has 0 aliphatic heterocycles. The molecule has 0 amide bonds. The second-order valence-corrected chi connectivity index (χ2v) is 5.67. The summed E-state index contributed by atoms with van der Waals surface area (Å²) in [6.45, 7) is 1.24. The van der Waals surface area contributed by atoms with E-state index in [2.05, 4.69) is 40.0 Å². The minimum absolute atomic E-state index is 0.143. The van der Waals surface area contributed by atoms with Crippen molar-refractivity contribution in [3.63, 3.8) is 0 Å². The van der Waals surface area contributed by atoms with Gasteiger partial charge in [0.25, 0.3) is 0 Å². The molecule has 0 spiro atoms. The molecular weight excluding hydrogens is 266 g/mol. The van der Waals surface area contributed by atoms with Crippen molar-refractivity contribution < 1.29 is 5.11 Å². The fourth-order valence-corrected chi connectivity index (χ4v) is 2.98. The highest BCUT2D eigenvalue weighted by Crippen LogP contribution is 2.42. The lowest BCUT2D eigenvalue weighted by molar-refractivity contribution is 0.0524. The first-order chi connectivity index (χ1) is 7.67. The molecule has 0 aromatic heterocycles. The zero-order valence-corrected chi connectivity index (χ0v) is 11.2. The molecule has 1 saturated carbocycles. The van der Waals surface area contributed by atoms with Crippen LogP contribution in [0.1, 0.15) is 19.3 Å². The van der Waals surface area contributed by atoms with Gasteiger partial charge in [-0.25, -0.2) is 0 Å². The van der Waals surface area contributed by atoms with Crippen LogP contribution >= 0.6 is 15.9 Å². The van der Waals surface area contributed by atoms with Gasteiger partial charge >= 0.3 is 0 Å². The highest BCUT2D eigenvalue weighted by molar-refractivity contribution is 9.10. The molecule has 0 bridgehead atoms. The average Bonchev–Trinajstić information content (AvgIpc) is 2.24. The Morgan fingerprint density at radius 3 is 2.56 bits per heavy atom. The van der Waals surface area contributed by atoms with Gasteiger partial charge in [-0.2, -0.15) is 0 Å². The van der Waals surface area contributed by atoms with E-state index in [0.717, 1.165) is 23.9 Å². The van der Waals surface area contributed by atoms with Gasteiger partial charge in [0.05, 0.1) is 12.3 Å². The van der Waals surface area contributed by atoms with Crippen LogP contribution in [0.25, 0.3) is 0 Å². The van der Waals surface area contributed by atoms with Crippen molar-refractivity contribution in [1.29, 1.82) is 0 Å². The van der Waals surface area contributed by atoms with Crippen LogP contribution in [0.15, 0.2) is 28.7 Å². The third-order valence-corrected chi connectivity index (χ3v) is 4.26. The van der Waals surface area contributed by atoms with Crippen molar-refractivity contribution in [2.45, 2.75) is 19.3 Å². The molecule has 0 atom stereocenters. The van der Waals surface area contributed by atoms with E-state index in [1.165, 1.54) is 12.1 Å². The van der Waals surface area contributed by atoms with Crippen LogP contribution < -0.4 is 4.90 Å². The summed E-state index contributed by atoms with van der Waals surface area (Å²) in [6.07, 6.45) is 3.56. The zero-order valence-electron chi connectivity index (χ0n) is 9.62. The van der Waals surface area contributed by atoms with E-state index in [0.29, 0.717) is 6.61 Å². The molecule has 1 N–H and O–H groups in total. The average molecular weight is 284 g/mol. The van der Waals surface area contributed by atoms with E-state index in [4.69, 9.17) is 0 Å². The van der Waals surface area contributed by atoms with Crippen LogP contribution in [0, 0.1) is 5.41 Å². The van der Waals surface area contributed by atoms with Crippen molar-refractivity contribution >= 4 is 21.6 Å². The summed E-state index contributed by atoms with van der Waals surface area (Å²) in [6, 6.07) is 8.22. The Kier molecular flexibility index (Phi) is 3.55. The molecule has 0 heterocycles. The van der Waals surface area contributed by atoms with E-state index < -0.39 is 0 Å². The molecule has 1 aromatic rings. The number of anilines is 1. The lowest BCUT2D eigenvalue weighted by atomic mass is 9.69. The molecule has 3 heteroatoms. The molecule has 0 saturated heterocycles. The molecule has 1 aromatic carbocycles. The lowest BCUT2D eigenvalue weighted by Crippen LogP contribution is -2.43. The smallest absolute Gasteiger partial charge is 0.0508 e. The molecule has 0 radical (unpaired) electrons. The third kappa shape index (κ3) is 2.25. The molecular formula is C13H18BrNO. The molecule has 1 fully saturated rings. The maximum absolute atomic E-state index is 9.46. The number of hydrogen-bond donors (Lipinski definition) is 1. The Bertz CT molecular complexity index is 357. The number of hydrogen-bond acceptors (Lipinski definition) is 2. The SMILES string of the molecule is CN(CC1(CO)CCC1)c1ccccc1Br. The summed E-state index contributed by atoms with van der Waals surface area (Å²) in [5.74, 6) is 0. The molecule has 0 unspecified atom stereocenters. The highest BCUT2D eigenvalue weighted by Gasteiger charge is 2.37. The minimum atomic E-state index is 0.143. The molecule has 1 aliphatic rings. The van der Waals surface area contributed by atoms with Gasteiger partial charge in [-0.05, 0) is 40.9 Å². The second-order valence-electron chi connectivity index (χ2n) is 4.82. The summed E-state index contributed by atoms with van der Waals surface area (Å²) >= 11 is 3.56. The van der Waals surface area contributed by atoms with Crippen LogP contribution in [0.3, 0.4) is 0 Å². The Morgan fingerprint density at radius 2 is 2.06 bits per heavy atom. The van der Waals surface area contributed by atoms with Gasteiger partial charge < -0.3 is 10.0 Å². The molecule has 88 valence electrons. The lowest BCUT2D eigenvalue weighted by Gasteiger charge is -2.43. The monoisotopic (exact) mass is 283 g/mol. The number of aliphatic hydroxyl groups is 1. The first kappa shape index (κ1) is 11.9. The van der Waals surface area contributed by atoms with Crippen molar-refractivity contribution in [3.05, 3.63) is 28.7 Å². The first-order valence-electron chi connectivity index (χ1n) is 5.73. The van der Waals surface area contributed by atoms with Crippen molar-refractivity contribution in [2.75, 3.05) is 25.1 Å². The molecule has 1 aliphatic carbocycles. The Labute approximate surface area is 105 Å². The standard InChI is InChI=1S/C13H18BrNO/c1-15(9-13(10-16)7-4-8-13)12-6-3-2-5-11(12)14/h2-3,5-6,16H,4,7-10H2,1H3. The van der Waals surface area contributed by atoms with E-state index in [1.807, 2.05) is 12.1 Å². The Morgan fingerprint density at radius 1 is 1.38 bits per heavy atom. The van der Waals surface area contributed by atoms with Gasteiger partial charge in [0, 0.05) is 23.5 Å². The Hall–Kier alpha value is -0.540. The van der Waals surface area contributed by atoms with Gasteiger partial charge in [-0.1, -0.05) is 18.6 Å². The maximum atomic E-state index is 9.46. The summed E-state index contributed by atoms with van der Waals surface area (Å²) in [4.78, 5) is 2.24. The first-order valence-corrected chi connectivity index (χ1v) is 6.53. The summed E-state index contributed by atoms with van der Waals surface area (Å²) in [5, 5.41) is 9.46. The van der Waals surface area contributed by atoms with Crippen LogP contribution in [0.5, 0.6) is 0 Å². The van der Waals surface area contributed by atoms with E-state index in [-0.39, 0.29) is 5.41 Å². The maximum Gasteiger partial charge on any atom is 0.0508 e. The topological polar surface area (TPSA) is 23.5 Å². The van der Waals surface area contributed by atoms with Crippen molar-refractivity contribution in [3.8, 4) is 0 Å². The number of para-hydroxylation sites is 1. The van der Waals surface area contributed by atoms with Crippen molar-refractivity contribution in [2.24, 2.45) is 5.41 Å². The number of halogens is 1. The largest absolute Gasteiger partial charge is 0.396 e. The summed E-state index contributed by atoms with van der Waals surface area (Å²) < 4.78 is 1.12. The number of aliphatic hydroxyl groups excluding tert-OH is 1. The highest BCUT2D eigenvalue weighted by atomic mass is 79.9. The van der Waals surface area contributed by atoms with Crippen LogP contribution in [0.2, 0.25) is 0 Å². The zero-order chi connectivity index (χ0) is 11.6. The van der Waals surface area contributed by atoms with Crippen molar-refractivity contribution in [1.82, 2.24) is 0 Å². The van der Waals surface area contributed by atoms with Crippen LogP contribution in [0.4, 0.5) is 5.69 Å². The normalized spacial score (nSPS) is 17.9. The van der Waals surface area contributed by atoms with Gasteiger partial charge in [-0.3, -0.25) is 0 Å². The van der Waals surface area contributed by atoms with Gasteiger partial charge in [0.15, 0.2) is 0 Å². The summed E-state index contributed by atoms with van der Waals surface area (Å²) in [5.41, 5.74) is 1.34. The van der Waals surface area contributed by atoms with Crippen LogP contribution in [-0.4, -0.2) is 25.3 Å². The van der Waals surface area contributed by atoms with E-state index in [1.54, 1.807) is 0 Å². The van der Waals surface area contributed by atoms with Gasteiger partial charge in [0.2, 0.25) is 0 Å². The molecule has 2 rings (SSSR count). The number of rotatable bonds is 4. The Balaban J connectivity index is 2.08.